The number of carbonyl (C=O) groups excluding carboxylic acids is 2. The Labute approximate surface area is 198 Å². The van der Waals surface area contributed by atoms with Crippen molar-refractivity contribution >= 4 is 33.7 Å². The van der Waals surface area contributed by atoms with E-state index < -0.39 is 14.8 Å². The Balaban J connectivity index is 1.81. The van der Waals surface area contributed by atoms with Crippen LogP contribution in [0.1, 0.15) is 72.3 Å². The van der Waals surface area contributed by atoms with E-state index in [4.69, 9.17) is 4.74 Å². The van der Waals surface area contributed by atoms with Gasteiger partial charge in [0.15, 0.2) is 0 Å². The molecule has 184 valence electrons. The molecule has 2 rings (SSSR count). The lowest BCUT2D eigenvalue weighted by atomic mass is 9.86. The molecule has 0 saturated heterocycles. The summed E-state index contributed by atoms with van der Waals surface area (Å²) in [6.45, 7) is 9.52. The fourth-order valence-corrected chi connectivity index (χ4v) is 4.37. The Kier molecular flexibility index (Phi) is 9.67. The van der Waals surface area contributed by atoms with Gasteiger partial charge in [0, 0.05) is 23.7 Å². The largest absolute Gasteiger partial charge is 0.462 e. The van der Waals surface area contributed by atoms with Crippen LogP contribution in [-0.4, -0.2) is 37.7 Å². The summed E-state index contributed by atoms with van der Waals surface area (Å²) in [5, 5.41) is 2.94. The first-order valence-corrected chi connectivity index (χ1v) is 13.2. The van der Waals surface area contributed by atoms with Crippen LogP contribution in [-0.2, 0) is 24.3 Å². The molecule has 1 aliphatic carbocycles. The normalized spacial score (nSPS) is 20.4. The van der Waals surface area contributed by atoms with Gasteiger partial charge >= 0.3 is 5.97 Å². The molecule has 1 aromatic carbocycles. The van der Waals surface area contributed by atoms with Gasteiger partial charge in [0.25, 0.3) is 0 Å². The smallest absolute Gasteiger partial charge is 0.330 e. The molecule has 1 unspecified atom stereocenters. The monoisotopic (exact) mass is 478 g/mol. The molecule has 1 aromatic rings. The second kappa shape index (κ2) is 11.8. The zero-order chi connectivity index (χ0) is 24.6. The van der Waals surface area contributed by atoms with Gasteiger partial charge in [-0.15, -0.1) is 0 Å². The number of anilines is 1. The number of hydrogen-bond acceptors (Lipinski definition) is 5. The minimum atomic E-state index is -3.39. The number of sulfonamides is 1. The molecule has 1 fully saturated rings. The van der Waals surface area contributed by atoms with Crippen LogP contribution >= 0.6 is 0 Å². The Bertz CT molecular complexity index is 925. The number of rotatable bonds is 9. The number of nitrogens with one attached hydrogen (secondary N) is 2. The number of hydrogen-bond donors (Lipinski definition) is 2. The molecule has 0 heterocycles. The first-order valence-electron chi connectivity index (χ1n) is 11.7. The van der Waals surface area contributed by atoms with Crippen molar-refractivity contribution in [1.82, 2.24) is 4.72 Å². The molecule has 7 nitrogen and oxygen atoms in total. The fraction of sp³-hybridized carbons (Fsp3) is 0.600. The van der Waals surface area contributed by atoms with Crippen LogP contribution in [0, 0.1) is 11.8 Å². The Morgan fingerprint density at radius 1 is 1.12 bits per heavy atom. The maximum atomic E-state index is 12.6. The summed E-state index contributed by atoms with van der Waals surface area (Å²) in [4.78, 5) is 24.4. The van der Waals surface area contributed by atoms with Crippen LogP contribution in [0.25, 0.3) is 6.08 Å². The third-order valence-corrected chi connectivity index (χ3v) is 8.28. The van der Waals surface area contributed by atoms with Gasteiger partial charge in [-0.3, -0.25) is 4.79 Å². The quantitative estimate of drug-likeness (QED) is 0.402. The van der Waals surface area contributed by atoms with Crippen LogP contribution in [0.15, 0.2) is 30.3 Å². The molecule has 2 N–H and O–H groups in total. The van der Waals surface area contributed by atoms with Gasteiger partial charge < -0.3 is 10.1 Å². The number of benzene rings is 1. The van der Waals surface area contributed by atoms with E-state index in [1.165, 1.54) is 6.08 Å². The SMILES string of the molecule is CCC(C)COC(=O)C=Cc1ccc(NC(=O)C2CCC(NS(=O)(=O)C(C)(C)C)CC2)cc1. The van der Waals surface area contributed by atoms with E-state index >= 15 is 0 Å². The highest BCUT2D eigenvalue weighted by Crippen LogP contribution is 2.27. The maximum absolute atomic E-state index is 12.6. The molecule has 8 heteroatoms. The van der Waals surface area contributed by atoms with E-state index in [0.29, 0.717) is 43.9 Å². The number of esters is 1. The van der Waals surface area contributed by atoms with Gasteiger partial charge in [0.1, 0.15) is 0 Å². The maximum Gasteiger partial charge on any atom is 0.330 e. The topological polar surface area (TPSA) is 102 Å². The van der Waals surface area contributed by atoms with Gasteiger partial charge in [0.2, 0.25) is 15.9 Å². The van der Waals surface area contributed by atoms with Gasteiger partial charge in [-0.05, 0) is 76.1 Å². The van der Waals surface area contributed by atoms with Crippen molar-refractivity contribution in [2.24, 2.45) is 11.8 Å². The standard InChI is InChI=1S/C25H38N2O5S/c1-6-18(2)17-32-23(28)16-9-19-7-12-21(13-8-19)26-24(29)20-10-14-22(15-11-20)27-33(30,31)25(3,4)5/h7-9,12-13,16,18,20,22,27H,6,10-11,14-15,17H2,1-5H3,(H,26,29). The molecule has 1 aliphatic rings. The summed E-state index contributed by atoms with van der Waals surface area (Å²) in [7, 11) is -3.39. The Morgan fingerprint density at radius 3 is 2.27 bits per heavy atom. The van der Waals surface area contributed by atoms with Crippen LogP contribution in [0.3, 0.4) is 0 Å². The fourth-order valence-electron chi connectivity index (χ4n) is 3.35. The summed E-state index contributed by atoms with van der Waals surface area (Å²) in [6, 6.07) is 7.12. The lowest BCUT2D eigenvalue weighted by Crippen LogP contribution is -2.46. The van der Waals surface area contributed by atoms with E-state index in [1.807, 2.05) is 19.1 Å². The molecule has 0 spiro atoms. The molecule has 1 atom stereocenters. The molecule has 0 aromatic heterocycles. The Morgan fingerprint density at radius 2 is 1.73 bits per heavy atom. The minimum Gasteiger partial charge on any atom is -0.462 e. The summed E-state index contributed by atoms with van der Waals surface area (Å²) >= 11 is 0. The van der Waals surface area contributed by atoms with Crippen molar-refractivity contribution in [2.75, 3.05) is 11.9 Å². The van der Waals surface area contributed by atoms with Gasteiger partial charge in [-0.2, -0.15) is 0 Å². The van der Waals surface area contributed by atoms with Crippen molar-refractivity contribution < 1.29 is 22.7 Å². The number of carbonyl (C=O) groups is 2. The first-order chi connectivity index (χ1) is 15.4. The summed E-state index contributed by atoms with van der Waals surface area (Å²) in [6.07, 6.45) is 6.62. The predicted molar refractivity (Wildman–Crippen MR) is 132 cm³/mol. The molecule has 0 radical (unpaired) electrons. The highest BCUT2D eigenvalue weighted by Gasteiger charge is 2.34. The third-order valence-electron chi connectivity index (χ3n) is 6.02. The van der Waals surface area contributed by atoms with E-state index in [-0.39, 0.29) is 23.8 Å². The molecule has 0 aliphatic heterocycles. The van der Waals surface area contributed by atoms with Crippen molar-refractivity contribution in [3.8, 4) is 0 Å². The average molecular weight is 479 g/mol. The van der Waals surface area contributed by atoms with E-state index in [2.05, 4.69) is 17.0 Å². The molecule has 1 saturated carbocycles. The predicted octanol–water partition coefficient (Wildman–Crippen LogP) is 4.50. The molecule has 1 amide bonds. The molecular formula is C25H38N2O5S. The highest BCUT2D eigenvalue weighted by molar-refractivity contribution is 7.90. The van der Waals surface area contributed by atoms with Crippen molar-refractivity contribution in [1.29, 1.82) is 0 Å². The van der Waals surface area contributed by atoms with E-state index in [9.17, 15) is 18.0 Å². The third kappa shape index (κ3) is 8.59. The highest BCUT2D eigenvalue weighted by atomic mass is 32.2. The van der Waals surface area contributed by atoms with Crippen LogP contribution in [0.4, 0.5) is 5.69 Å². The lowest BCUT2D eigenvalue weighted by Gasteiger charge is -2.30. The first kappa shape index (κ1) is 27.1. The second-order valence-electron chi connectivity index (χ2n) is 9.87. The van der Waals surface area contributed by atoms with Gasteiger partial charge in [-0.1, -0.05) is 32.4 Å². The van der Waals surface area contributed by atoms with Gasteiger partial charge in [-0.25, -0.2) is 17.9 Å². The zero-order valence-electron chi connectivity index (χ0n) is 20.4. The molecule has 33 heavy (non-hydrogen) atoms. The van der Waals surface area contributed by atoms with Crippen molar-refractivity contribution in [2.45, 2.75) is 77.5 Å². The summed E-state index contributed by atoms with van der Waals surface area (Å²) in [5.74, 6) is -0.217. The average Bonchev–Trinajstić information content (AvgIpc) is 2.76. The van der Waals surface area contributed by atoms with E-state index in [0.717, 1.165) is 12.0 Å². The van der Waals surface area contributed by atoms with Crippen LogP contribution in [0.2, 0.25) is 0 Å². The minimum absolute atomic E-state index is 0.0518. The lowest BCUT2D eigenvalue weighted by molar-refractivity contribution is -0.138. The summed E-state index contributed by atoms with van der Waals surface area (Å²) in [5.41, 5.74) is 1.52. The number of amides is 1. The van der Waals surface area contributed by atoms with Crippen LogP contribution < -0.4 is 10.0 Å². The number of ether oxygens (including phenoxy) is 1. The van der Waals surface area contributed by atoms with Gasteiger partial charge in [0.05, 0.1) is 11.4 Å². The Hall–Kier alpha value is -2.19. The molecule has 0 bridgehead atoms. The van der Waals surface area contributed by atoms with Crippen molar-refractivity contribution in [3.05, 3.63) is 35.9 Å². The second-order valence-corrected chi connectivity index (χ2v) is 12.3. The van der Waals surface area contributed by atoms with E-state index in [1.54, 1.807) is 39.0 Å². The zero-order valence-corrected chi connectivity index (χ0v) is 21.2. The van der Waals surface area contributed by atoms with Crippen molar-refractivity contribution in [3.63, 3.8) is 0 Å². The van der Waals surface area contributed by atoms with Crippen LogP contribution in [0.5, 0.6) is 0 Å². The molecular weight excluding hydrogens is 440 g/mol. The summed E-state index contributed by atoms with van der Waals surface area (Å²) < 4.78 is 31.8.